The molecular weight excluding hydrogens is 290 g/mol. The molecule has 0 bridgehead atoms. The van der Waals surface area contributed by atoms with Gasteiger partial charge in [-0.2, -0.15) is 4.98 Å². The van der Waals surface area contributed by atoms with Crippen molar-refractivity contribution in [2.75, 3.05) is 19.6 Å². The number of nitrogens with two attached hydrogens (primary N) is 1. The molecule has 3 heterocycles. The number of halogens is 1. The molecule has 1 aliphatic rings. The summed E-state index contributed by atoms with van der Waals surface area (Å²) in [6, 6.07) is 1.50. The number of nitrogens with zero attached hydrogens (tertiary/aromatic N) is 4. The Hall–Kier alpha value is -1.50. The van der Waals surface area contributed by atoms with Gasteiger partial charge in [0, 0.05) is 18.9 Å². The number of piperidine rings is 1. The van der Waals surface area contributed by atoms with Gasteiger partial charge in [-0.05, 0) is 32.0 Å². The van der Waals surface area contributed by atoms with Crippen LogP contribution in [0.5, 0.6) is 0 Å². The molecule has 0 spiro atoms. The molecule has 1 atom stereocenters. The number of likely N-dealkylation sites (tertiary alicyclic amines) is 1. The van der Waals surface area contributed by atoms with Crippen LogP contribution >= 0.6 is 11.6 Å². The molecule has 21 heavy (non-hydrogen) atoms. The average Bonchev–Trinajstić information content (AvgIpc) is 2.98. The Morgan fingerprint density at radius 1 is 1.33 bits per heavy atom. The minimum absolute atomic E-state index is 0.249. The smallest absolute Gasteiger partial charge is 0.259 e. The Morgan fingerprint density at radius 3 is 2.90 bits per heavy atom. The van der Waals surface area contributed by atoms with E-state index in [-0.39, 0.29) is 6.04 Å². The molecule has 0 radical (unpaired) electrons. The Labute approximate surface area is 128 Å². The number of hydrogen-bond donors (Lipinski definition) is 1. The lowest BCUT2D eigenvalue weighted by Crippen LogP contribution is -2.36. The molecule has 112 valence electrons. The minimum Gasteiger partial charge on any atom is -0.334 e. The van der Waals surface area contributed by atoms with Crippen molar-refractivity contribution in [3.05, 3.63) is 29.3 Å². The largest absolute Gasteiger partial charge is 0.334 e. The molecule has 1 aliphatic heterocycles. The summed E-state index contributed by atoms with van der Waals surface area (Å²) >= 11 is 6.07. The fourth-order valence-corrected chi connectivity index (χ4v) is 2.75. The van der Waals surface area contributed by atoms with Crippen LogP contribution in [-0.2, 0) is 0 Å². The van der Waals surface area contributed by atoms with E-state index in [1.165, 1.54) is 19.3 Å². The van der Waals surface area contributed by atoms with Crippen LogP contribution < -0.4 is 5.73 Å². The lowest BCUT2D eigenvalue weighted by Gasteiger charge is -2.27. The summed E-state index contributed by atoms with van der Waals surface area (Å²) in [4.78, 5) is 10.7. The average molecular weight is 308 g/mol. The first-order chi connectivity index (χ1) is 10.2. The summed E-state index contributed by atoms with van der Waals surface area (Å²) in [5.41, 5.74) is 6.86. The third-order valence-electron chi connectivity index (χ3n) is 3.68. The molecule has 0 aromatic carbocycles. The highest BCUT2D eigenvalue weighted by atomic mass is 35.5. The molecule has 0 saturated carbocycles. The first-order valence-electron chi connectivity index (χ1n) is 7.15. The van der Waals surface area contributed by atoms with Gasteiger partial charge in [0.2, 0.25) is 0 Å². The van der Waals surface area contributed by atoms with Gasteiger partial charge < -0.3 is 15.2 Å². The van der Waals surface area contributed by atoms with E-state index in [1.807, 2.05) is 0 Å². The molecule has 6 nitrogen and oxygen atoms in total. The van der Waals surface area contributed by atoms with E-state index in [4.69, 9.17) is 21.9 Å². The van der Waals surface area contributed by atoms with Crippen molar-refractivity contribution >= 4 is 11.6 Å². The van der Waals surface area contributed by atoms with Gasteiger partial charge >= 0.3 is 0 Å². The zero-order valence-corrected chi connectivity index (χ0v) is 12.5. The van der Waals surface area contributed by atoms with Gasteiger partial charge in [-0.3, -0.25) is 4.98 Å². The summed E-state index contributed by atoms with van der Waals surface area (Å²) in [6.07, 6.45) is 6.96. The third-order valence-corrected chi connectivity index (χ3v) is 3.98. The lowest BCUT2D eigenvalue weighted by molar-refractivity contribution is 0.213. The van der Waals surface area contributed by atoms with Crippen LogP contribution in [0.25, 0.3) is 11.5 Å². The van der Waals surface area contributed by atoms with Crippen LogP contribution in [0.1, 0.15) is 31.1 Å². The number of hydrogen-bond acceptors (Lipinski definition) is 6. The Balaban J connectivity index is 1.71. The standard InChI is InChI=1S/C14H18ClN5O/c15-11-8-17-5-4-10(11)14-18-13(19-21-14)12(16)9-20-6-2-1-3-7-20/h4-5,8,12H,1-3,6-7,9,16H2. The Morgan fingerprint density at radius 2 is 2.14 bits per heavy atom. The molecule has 0 aliphatic carbocycles. The van der Waals surface area contributed by atoms with Crippen LogP contribution in [0.2, 0.25) is 5.02 Å². The molecule has 1 saturated heterocycles. The van der Waals surface area contributed by atoms with Crippen molar-refractivity contribution in [1.29, 1.82) is 0 Å². The lowest BCUT2D eigenvalue weighted by atomic mass is 10.1. The molecule has 3 rings (SSSR count). The fraction of sp³-hybridized carbons (Fsp3) is 0.500. The zero-order chi connectivity index (χ0) is 14.7. The maximum atomic E-state index is 6.18. The molecule has 1 fully saturated rings. The zero-order valence-electron chi connectivity index (χ0n) is 11.7. The predicted molar refractivity (Wildman–Crippen MR) is 79.8 cm³/mol. The van der Waals surface area contributed by atoms with Crippen molar-refractivity contribution in [1.82, 2.24) is 20.0 Å². The number of rotatable bonds is 4. The second kappa shape index (κ2) is 6.51. The summed E-state index contributed by atoms with van der Waals surface area (Å²) < 4.78 is 5.27. The SMILES string of the molecule is NC(CN1CCCCC1)c1noc(-c2ccncc2Cl)n1. The van der Waals surface area contributed by atoms with Crippen LogP contribution in [0.3, 0.4) is 0 Å². The summed E-state index contributed by atoms with van der Waals surface area (Å²) in [6.45, 7) is 2.94. The van der Waals surface area contributed by atoms with Gasteiger partial charge in [-0.1, -0.05) is 23.2 Å². The first-order valence-corrected chi connectivity index (χ1v) is 7.53. The molecule has 2 aromatic heterocycles. The van der Waals surface area contributed by atoms with Crippen molar-refractivity contribution < 1.29 is 4.52 Å². The highest BCUT2D eigenvalue weighted by Gasteiger charge is 2.20. The van der Waals surface area contributed by atoms with Gasteiger partial charge in [0.15, 0.2) is 5.82 Å². The van der Waals surface area contributed by atoms with Gasteiger partial charge in [-0.25, -0.2) is 0 Å². The van der Waals surface area contributed by atoms with Crippen LogP contribution in [0.4, 0.5) is 0 Å². The first kappa shape index (κ1) is 14.4. The van der Waals surface area contributed by atoms with Crippen LogP contribution in [0, 0.1) is 0 Å². The summed E-state index contributed by atoms with van der Waals surface area (Å²) in [5, 5.41) is 4.47. The predicted octanol–water partition coefficient (Wildman–Crippen LogP) is 2.27. The third kappa shape index (κ3) is 3.40. The quantitative estimate of drug-likeness (QED) is 0.933. The van der Waals surface area contributed by atoms with Gasteiger partial charge in [0.05, 0.1) is 16.6 Å². The maximum absolute atomic E-state index is 6.18. The van der Waals surface area contributed by atoms with Crippen molar-refractivity contribution in [3.8, 4) is 11.5 Å². The van der Waals surface area contributed by atoms with E-state index < -0.39 is 0 Å². The van der Waals surface area contributed by atoms with E-state index in [9.17, 15) is 0 Å². The van der Waals surface area contributed by atoms with Gasteiger partial charge in [0.25, 0.3) is 5.89 Å². The fourth-order valence-electron chi connectivity index (χ4n) is 2.55. The normalized spacial score (nSPS) is 17.8. The maximum Gasteiger partial charge on any atom is 0.259 e. The molecule has 1 unspecified atom stereocenters. The van der Waals surface area contributed by atoms with Crippen LogP contribution in [0.15, 0.2) is 23.0 Å². The topological polar surface area (TPSA) is 81.1 Å². The van der Waals surface area contributed by atoms with Crippen molar-refractivity contribution in [2.24, 2.45) is 5.73 Å². The molecule has 2 N–H and O–H groups in total. The molecular formula is C14H18ClN5O. The second-order valence-corrected chi connectivity index (χ2v) is 5.69. The highest BCUT2D eigenvalue weighted by molar-refractivity contribution is 6.32. The minimum atomic E-state index is -0.249. The molecule has 7 heteroatoms. The van der Waals surface area contributed by atoms with Crippen molar-refractivity contribution in [2.45, 2.75) is 25.3 Å². The molecule has 2 aromatic rings. The van der Waals surface area contributed by atoms with E-state index >= 15 is 0 Å². The van der Waals surface area contributed by atoms with E-state index in [1.54, 1.807) is 18.5 Å². The Kier molecular flexibility index (Phi) is 4.48. The Bertz CT molecular complexity index is 597. The monoisotopic (exact) mass is 307 g/mol. The van der Waals surface area contributed by atoms with E-state index in [0.717, 1.165) is 19.6 Å². The highest BCUT2D eigenvalue weighted by Crippen LogP contribution is 2.26. The number of aromatic nitrogens is 3. The van der Waals surface area contributed by atoms with Gasteiger partial charge in [0.1, 0.15) is 0 Å². The molecule has 0 amide bonds. The van der Waals surface area contributed by atoms with E-state index in [0.29, 0.717) is 22.3 Å². The van der Waals surface area contributed by atoms with Crippen LogP contribution in [-0.4, -0.2) is 39.7 Å². The van der Waals surface area contributed by atoms with Gasteiger partial charge in [-0.15, -0.1) is 0 Å². The van der Waals surface area contributed by atoms with Crippen molar-refractivity contribution in [3.63, 3.8) is 0 Å². The summed E-state index contributed by atoms with van der Waals surface area (Å²) in [5.74, 6) is 0.898. The second-order valence-electron chi connectivity index (χ2n) is 5.28. The number of pyridine rings is 1. The van der Waals surface area contributed by atoms with E-state index in [2.05, 4.69) is 20.0 Å². The summed E-state index contributed by atoms with van der Waals surface area (Å²) in [7, 11) is 0.